The summed E-state index contributed by atoms with van der Waals surface area (Å²) in [7, 11) is 0. The van der Waals surface area contributed by atoms with Gasteiger partial charge in [0, 0.05) is 16.6 Å². The van der Waals surface area contributed by atoms with Crippen LogP contribution in [0.3, 0.4) is 0 Å². The van der Waals surface area contributed by atoms with Crippen molar-refractivity contribution < 1.29 is 4.79 Å². The van der Waals surface area contributed by atoms with Crippen LogP contribution in [0, 0.1) is 11.8 Å². The summed E-state index contributed by atoms with van der Waals surface area (Å²) in [4.78, 5) is 11.8. The highest BCUT2D eigenvalue weighted by Gasteiger charge is 2.29. The van der Waals surface area contributed by atoms with Gasteiger partial charge in [-0.2, -0.15) is 0 Å². The molecular formula is C13H12BrNO. The lowest BCUT2D eigenvalue weighted by atomic mass is 9.96. The molecular weight excluding hydrogens is 266 g/mol. The van der Waals surface area contributed by atoms with Crippen molar-refractivity contribution in [3.05, 3.63) is 28.2 Å². The predicted octanol–water partition coefficient (Wildman–Crippen LogP) is 3.29. The molecule has 1 aliphatic rings. The molecule has 0 bridgehead atoms. The summed E-state index contributed by atoms with van der Waals surface area (Å²) in [6, 6.07) is 5.88. The number of anilines is 1. The van der Waals surface area contributed by atoms with Gasteiger partial charge in [-0.3, -0.25) is 4.79 Å². The lowest BCUT2D eigenvalue weighted by Gasteiger charge is -2.06. The zero-order valence-corrected chi connectivity index (χ0v) is 10.6. The van der Waals surface area contributed by atoms with Crippen molar-refractivity contribution in [2.75, 3.05) is 5.32 Å². The summed E-state index contributed by atoms with van der Waals surface area (Å²) in [6.07, 6.45) is 1.55. The SMILES string of the molecule is CC#CCCC1C(=O)Nc2ccc(Br)cc21. The largest absolute Gasteiger partial charge is 0.325 e. The van der Waals surface area contributed by atoms with Gasteiger partial charge in [0.2, 0.25) is 5.91 Å². The fraction of sp³-hybridized carbons (Fsp3) is 0.308. The van der Waals surface area contributed by atoms with Crippen LogP contribution in [0.15, 0.2) is 22.7 Å². The second kappa shape index (κ2) is 4.71. The molecule has 1 atom stereocenters. The molecule has 2 rings (SSSR count). The molecule has 1 aromatic carbocycles. The van der Waals surface area contributed by atoms with Crippen LogP contribution in [-0.4, -0.2) is 5.91 Å². The number of nitrogens with one attached hydrogen (secondary N) is 1. The third kappa shape index (κ3) is 2.12. The third-order valence-electron chi connectivity index (χ3n) is 2.70. The maximum atomic E-state index is 11.8. The molecule has 1 amide bonds. The van der Waals surface area contributed by atoms with Crippen LogP contribution in [0.1, 0.15) is 31.2 Å². The van der Waals surface area contributed by atoms with Crippen molar-refractivity contribution in [2.45, 2.75) is 25.7 Å². The van der Waals surface area contributed by atoms with E-state index >= 15 is 0 Å². The number of amides is 1. The molecule has 1 unspecified atom stereocenters. The van der Waals surface area contributed by atoms with E-state index in [1.54, 1.807) is 0 Å². The van der Waals surface area contributed by atoms with Crippen molar-refractivity contribution in [2.24, 2.45) is 0 Å². The Morgan fingerprint density at radius 1 is 1.50 bits per heavy atom. The Hall–Kier alpha value is -1.27. The molecule has 16 heavy (non-hydrogen) atoms. The summed E-state index contributed by atoms with van der Waals surface area (Å²) in [5.74, 6) is 5.89. The van der Waals surface area contributed by atoms with Crippen molar-refractivity contribution in [3.63, 3.8) is 0 Å². The molecule has 0 saturated heterocycles. The van der Waals surface area contributed by atoms with E-state index in [-0.39, 0.29) is 11.8 Å². The van der Waals surface area contributed by atoms with Crippen LogP contribution < -0.4 is 5.32 Å². The van der Waals surface area contributed by atoms with Crippen LogP contribution in [0.2, 0.25) is 0 Å². The fourth-order valence-electron chi connectivity index (χ4n) is 1.92. The number of benzene rings is 1. The van der Waals surface area contributed by atoms with Crippen LogP contribution in [0.25, 0.3) is 0 Å². The summed E-state index contributed by atoms with van der Waals surface area (Å²) < 4.78 is 1.01. The molecule has 1 aromatic rings. The highest BCUT2D eigenvalue weighted by Crippen LogP contribution is 2.36. The standard InChI is InChI=1S/C13H12BrNO/c1-2-3-4-5-10-11-8-9(14)6-7-12(11)15-13(10)16/h6-8,10H,4-5H2,1H3,(H,15,16). The Morgan fingerprint density at radius 2 is 2.31 bits per heavy atom. The molecule has 1 aliphatic heterocycles. The molecule has 82 valence electrons. The van der Waals surface area contributed by atoms with Gasteiger partial charge in [-0.15, -0.1) is 11.8 Å². The van der Waals surface area contributed by atoms with E-state index in [9.17, 15) is 4.79 Å². The third-order valence-corrected chi connectivity index (χ3v) is 3.19. The Labute approximate surface area is 104 Å². The van der Waals surface area contributed by atoms with E-state index < -0.39 is 0 Å². The van der Waals surface area contributed by atoms with E-state index in [1.165, 1.54) is 0 Å². The van der Waals surface area contributed by atoms with Crippen molar-refractivity contribution in [1.82, 2.24) is 0 Å². The lowest BCUT2D eigenvalue weighted by molar-refractivity contribution is -0.117. The van der Waals surface area contributed by atoms with Crippen molar-refractivity contribution >= 4 is 27.5 Å². The lowest BCUT2D eigenvalue weighted by Crippen LogP contribution is -2.11. The van der Waals surface area contributed by atoms with E-state index in [4.69, 9.17) is 0 Å². The number of rotatable bonds is 2. The molecule has 0 fully saturated rings. The summed E-state index contributed by atoms with van der Waals surface area (Å²) in [6.45, 7) is 1.82. The highest BCUT2D eigenvalue weighted by molar-refractivity contribution is 9.10. The van der Waals surface area contributed by atoms with E-state index in [0.717, 1.165) is 28.6 Å². The van der Waals surface area contributed by atoms with E-state index in [0.29, 0.717) is 0 Å². The Morgan fingerprint density at radius 3 is 3.06 bits per heavy atom. The maximum Gasteiger partial charge on any atom is 0.232 e. The monoisotopic (exact) mass is 277 g/mol. The van der Waals surface area contributed by atoms with Gasteiger partial charge in [0.15, 0.2) is 0 Å². The van der Waals surface area contributed by atoms with Crippen LogP contribution >= 0.6 is 15.9 Å². The Balaban J connectivity index is 2.23. The van der Waals surface area contributed by atoms with Gasteiger partial charge in [-0.25, -0.2) is 0 Å². The van der Waals surface area contributed by atoms with Gasteiger partial charge in [0.1, 0.15) is 0 Å². The molecule has 0 aliphatic carbocycles. The van der Waals surface area contributed by atoms with E-state index in [2.05, 4.69) is 33.1 Å². The van der Waals surface area contributed by atoms with Gasteiger partial charge in [-0.1, -0.05) is 15.9 Å². The molecule has 0 saturated carbocycles. The molecule has 0 radical (unpaired) electrons. The zero-order chi connectivity index (χ0) is 11.5. The summed E-state index contributed by atoms with van der Waals surface area (Å²) in [5.41, 5.74) is 2.01. The maximum absolute atomic E-state index is 11.8. The smallest absolute Gasteiger partial charge is 0.232 e. The molecule has 2 nitrogen and oxygen atoms in total. The Bertz CT molecular complexity index is 484. The first-order valence-electron chi connectivity index (χ1n) is 5.22. The minimum Gasteiger partial charge on any atom is -0.325 e. The van der Waals surface area contributed by atoms with Gasteiger partial charge in [0.05, 0.1) is 5.92 Å². The molecule has 1 heterocycles. The minimum absolute atomic E-state index is 0.0478. The Kier molecular flexibility index (Phi) is 3.31. The van der Waals surface area contributed by atoms with Crippen molar-refractivity contribution in [3.8, 4) is 11.8 Å². The van der Waals surface area contributed by atoms with Gasteiger partial charge in [-0.05, 0) is 37.1 Å². The number of fused-ring (bicyclic) bond motifs is 1. The first kappa shape index (κ1) is 11.2. The normalized spacial score (nSPS) is 17.4. The second-order valence-electron chi connectivity index (χ2n) is 3.74. The van der Waals surface area contributed by atoms with E-state index in [1.807, 2.05) is 25.1 Å². The number of hydrogen-bond donors (Lipinski definition) is 1. The van der Waals surface area contributed by atoms with Gasteiger partial charge in [0.25, 0.3) is 0 Å². The predicted molar refractivity (Wildman–Crippen MR) is 68.2 cm³/mol. The van der Waals surface area contributed by atoms with Crippen molar-refractivity contribution in [1.29, 1.82) is 0 Å². The zero-order valence-electron chi connectivity index (χ0n) is 9.01. The first-order valence-corrected chi connectivity index (χ1v) is 6.01. The van der Waals surface area contributed by atoms with Crippen LogP contribution in [0.4, 0.5) is 5.69 Å². The van der Waals surface area contributed by atoms with Crippen LogP contribution in [0.5, 0.6) is 0 Å². The molecule has 1 N–H and O–H groups in total. The molecule has 3 heteroatoms. The van der Waals surface area contributed by atoms with Gasteiger partial charge >= 0.3 is 0 Å². The first-order chi connectivity index (χ1) is 7.72. The average Bonchev–Trinajstić information content (AvgIpc) is 2.56. The number of carbonyl (C=O) groups excluding carboxylic acids is 1. The highest BCUT2D eigenvalue weighted by atomic mass is 79.9. The second-order valence-corrected chi connectivity index (χ2v) is 4.65. The summed E-state index contributed by atoms with van der Waals surface area (Å²) in [5, 5.41) is 2.89. The van der Waals surface area contributed by atoms with Crippen LogP contribution in [-0.2, 0) is 4.79 Å². The number of carbonyl (C=O) groups is 1. The molecule has 0 spiro atoms. The number of hydrogen-bond acceptors (Lipinski definition) is 1. The quantitative estimate of drug-likeness (QED) is 0.826. The van der Waals surface area contributed by atoms with Gasteiger partial charge < -0.3 is 5.32 Å². The fourth-order valence-corrected chi connectivity index (χ4v) is 2.30. The topological polar surface area (TPSA) is 29.1 Å². The molecule has 0 aromatic heterocycles. The average molecular weight is 278 g/mol. The minimum atomic E-state index is -0.0478. The number of halogens is 1. The summed E-state index contributed by atoms with van der Waals surface area (Å²) >= 11 is 3.43.